The second-order valence-corrected chi connectivity index (χ2v) is 4.45. The molecule has 0 spiro atoms. The van der Waals surface area contributed by atoms with Gasteiger partial charge in [-0.15, -0.1) is 0 Å². The molecule has 2 fully saturated rings. The van der Waals surface area contributed by atoms with Crippen molar-refractivity contribution in [3.05, 3.63) is 0 Å². The molecule has 2 saturated heterocycles. The third-order valence-corrected chi connectivity index (χ3v) is 3.67. The molecule has 0 aromatic carbocycles. The lowest BCUT2D eigenvalue weighted by Crippen LogP contribution is -2.51. The zero-order chi connectivity index (χ0) is 11.8. The van der Waals surface area contributed by atoms with E-state index < -0.39 is 0 Å². The molecule has 16 heavy (non-hydrogen) atoms. The molecule has 0 bridgehead atoms. The normalized spacial score (nSPS) is 24.9. The summed E-state index contributed by atoms with van der Waals surface area (Å²) in [4.78, 5) is 5.25. The molecule has 3 nitrogen and oxygen atoms in total. The average molecular weight is 227 g/mol. The van der Waals surface area contributed by atoms with Gasteiger partial charge in [-0.3, -0.25) is 4.90 Å². The van der Waals surface area contributed by atoms with E-state index in [1.165, 1.54) is 58.7 Å². The fraction of sp³-hybridized carbons (Fsp3) is 1.00. The van der Waals surface area contributed by atoms with Crippen molar-refractivity contribution in [1.29, 1.82) is 0 Å². The smallest absolute Gasteiger partial charge is 0.0121 e. The molecular formula is C13H29N3. The van der Waals surface area contributed by atoms with Gasteiger partial charge in [-0.2, -0.15) is 0 Å². The molecule has 0 amide bonds. The fourth-order valence-electron chi connectivity index (χ4n) is 2.65. The van der Waals surface area contributed by atoms with E-state index >= 15 is 0 Å². The topological polar surface area (TPSA) is 18.5 Å². The number of likely N-dealkylation sites (tertiary alicyclic amines) is 1. The van der Waals surface area contributed by atoms with Crippen LogP contribution in [0, 0.1) is 0 Å². The van der Waals surface area contributed by atoms with Crippen LogP contribution in [-0.2, 0) is 0 Å². The number of nitrogens with one attached hydrogen (secondary N) is 1. The van der Waals surface area contributed by atoms with Crippen molar-refractivity contribution in [2.75, 3.05) is 45.8 Å². The van der Waals surface area contributed by atoms with Gasteiger partial charge in [-0.1, -0.05) is 20.8 Å². The molecular weight excluding hydrogens is 198 g/mol. The molecule has 2 aliphatic rings. The minimum absolute atomic E-state index is 0.875. The quantitative estimate of drug-likeness (QED) is 0.769. The van der Waals surface area contributed by atoms with Crippen molar-refractivity contribution in [1.82, 2.24) is 15.1 Å². The van der Waals surface area contributed by atoms with Gasteiger partial charge in [0.2, 0.25) is 0 Å². The Labute approximate surface area is 101 Å². The van der Waals surface area contributed by atoms with Crippen LogP contribution in [0.2, 0.25) is 0 Å². The van der Waals surface area contributed by atoms with Crippen LogP contribution < -0.4 is 5.32 Å². The highest BCUT2D eigenvalue weighted by Gasteiger charge is 2.24. The summed E-state index contributed by atoms with van der Waals surface area (Å²) in [7, 11) is 0. The fourth-order valence-corrected chi connectivity index (χ4v) is 2.65. The summed E-state index contributed by atoms with van der Waals surface area (Å²) < 4.78 is 0. The minimum Gasteiger partial charge on any atom is -0.314 e. The van der Waals surface area contributed by atoms with Crippen molar-refractivity contribution in [2.24, 2.45) is 0 Å². The van der Waals surface area contributed by atoms with Gasteiger partial charge in [0, 0.05) is 32.2 Å². The Kier molecular flexibility index (Phi) is 7.01. The van der Waals surface area contributed by atoms with Crippen LogP contribution in [0.25, 0.3) is 0 Å². The number of hydrogen-bond acceptors (Lipinski definition) is 3. The summed E-state index contributed by atoms with van der Waals surface area (Å²) in [6.45, 7) is 15.0. The van der Waals surface area contributed by atoms with Crippen molar-refractivity contribution < 1.29 is 0 Å². The molecule has 96 valence electrons. The van der Waals surface area contributed by atoms with Gasteiger partial charge in [0.1, 0.15) is 0 Å². The van der Waals surface area contributed by atoms with Gasteiger partial charge in [-0.05, 0) is 32.5 Å². The third-order valence-electron chi connectivity index (χ3n) is 3.67. The molecule has 0 aliphatic carbocycles. The highest BCUT2D eigenvalue weighted by Crippen LogP contribution is 2.16. The van der Waals surface area contributed by atoms with E-state index in [-0.39, 0.29) is 0 Å². The maximum absolute atomic E-state index is 3.42. The number of rotatable bonds is 2. The standard InChI is InChI=1S/C11H23N3.C2H6/c1-2-13-7-3-11(4-8-13)14-9-5-12-6-10-14;1-2/h11-12H,2-10H2,1H3;1-2H3. The maximum atomic E-state index is 3.42. The maximum Gasteiger partial charge on any atom is 0.0121 e. The number of piperazine rings is 1. The molecule has 2 aliphatic heterocycles. The van der Waals surface area contributed by atoms with Gasteiger partial charge in [0.25, 0.3) is 0 Å². The summed E-state index contributed by atoms with van der Waals surface area (Å²) in [6, 6.07) is 0.875. The molecule has 0 unspecified atom stereocenters. The zero-order valence-electron chi connectivity index (χ0n) is 11.3. The van der Waals surface area contributed by atoms with Crippen LogP contribution in [0.5, 0.6) is 0 Å². The highest BCUT2D eigenvalue weighted by molar-refractivity contribution is 4.81. The lowest BCUT2D eigenvalue weighted by Gasteiger charge is -2.40. The van der Waals surface area contributed by atoms with Crippen LogP contribution in [0.15, 0.2) is 0 Å². The third kappa shape index (κ3) is 4.04. The Hall–Kier alpha value is -0.120. The summed E-state index contributed by atoms with van der Waals surface area (Å²) >= 11 is 0. The van der Waals surface area contributed by atoms with E-state index in [4.69, 9.17) is 0 Å². The van der Waals surface area contributed by atoms with Crippen LogP contribution in [-0.4, -0.2) is 61.7 Å². The van der Waals surface area contributed by atoms with Crippen molar-refractivity contribution >= 4 is 0 Å². The van der Waals surface area contributed by atoms with E-state index in [1.807, 2.05) is 13.8 Å². The molecule has 0 atom stereocenters. The highest BCUT2D eigenvalue weighted by atomic mass is 15.2. The summed E-state index contributed by atoms with van der Waals surface area (Å²) in [5.41, 5.74) is 0. The minimum atomic E-state index is 0.875. The molecule has 2 rings (SSSR count). The predicted molar refractivity (Wildman–Crippen MR) is 70.9 cm³/mol. The van der Waals surface area contributed by atoms with Gasteiger partial charge in [0.15, 0.2) is 0 Å². The molecule has 0 saturated carbocycles. The summed E-state index contributed by atoms with van der Waals surface area (Å²) in [5.74, 6) is 0. The summed E-state index contributed by atoms with van der Waals surface area (Å²) in [5, 5.41) is 3.42. The van der Waals surface area contributed by atoms with E-state index in [2.05, 4.69) is 22.0 Å². The van der Waals surface area contributed by atoms with Crippen LogP contribution in [0.1, 0.15) is 33.6 Å². The lowest BCUT2D eigenvalue weighted by atomic mass is 10.0. The van der Waals surface area contributed by atoms with Gasteiger partial charge >= 0.3 is 0 Å². The first-order valence-electron chi connectivity index (χ1n) is 7.07. The first kappa shape index (κ1) is 13.9. The van der Waals surface area contributed by atoms with Gasteiger partial charge in [-0.25, -0.2) is 0 Å². The Bertz CT molecular complexity index is 159. The number of piperidine rings is 1. The van der Waals surface area contributed by atoms with Crippen LogP contribution in [0.4, 0.5) is 0 Å². The Balaban J connectivity index is 0.000000606. The van der Waals surface area contributed by atoms with Crippen molar-refractivity contribution in [3.8, 4) is 0 Å². The number of hydrogen-bond donors (Lipinski definition) is 1. The van der Waals surface area contributed by atoms with E-state index in [9.17, 15) is 0 Å². The van der Waals surface area contributed by atoms with Crippen LogP contribution >= 0.6 is 0 Å². The van der Waals surface area contributed by atoms with Crippen molar-refractivity contribution in [2.45, 2.75) is 39.7 Å². The number of nitrogens with zero attached hydrogens (tertiary/aromatic N) is 2. The second kappa shape index (κ2) is 8.04. The predicted octanol–water partition coefficient (Wildman–Crippen LogP) is 1.40. The Morgan fingerprint density at radius 3 is 2.06 bits per heavy atom. The SMILES string of the molecule is CC.CCN1CCC(N2CCNCC2)CC1. The van der Waals surface area contributed by atoms with E-state index in [1.54, 1.807) is 0 Å². The molecule has 1 N–H and O–H groups in total. The molecule has 0 aromatic rings. The van der Waals surface area contributed by atoms with Crippen molar-refractivity contribution in [3.63, 3.8) is 0 Å². The Morgan fingerprint density at radius 2 is 1.56 bits per heavy atom. The largest absolute Gasteiger partial charge is 0.314 e. The molecule has 3 heteroatoms. The Morgan fingerprint density at radius 1 is 1.00 bits per heavy atom. The average Bonchev–Trinajstić information content (AvgIpc) is 2.42. The van der Waals surface area contributed by atoms with Crippen LogP contribution in [0.3, 0.4) is 0 Å². The first-order chi connectivity index (χ1) is 7.90. The van der Waals surface area contributed by atoms with E-state index in [0.29, 0.717) is 0 Å². The monoisotopic (exact) mass is 227 g/mol. The lowest BCUT2D eigenvalue weighted by molar-refractivity contribution is 0.100. The van der Waals surface area contributed by atoms with Gasteiger partial charge in [0.05, 0.1) is 0 Å². The summed E-state index contributed by atoms with van der Waals surface area (Å²) in [6.07, 6.45) is 2.77. The molecule has 0 aromatic heterocycles. The van der Waals surface area contributed by atoms with Gasteiger partial charge < -0.3 is 10.2 Å². The molecule has 0 radical (unpaired) electrons. The molecule has 2 heterocycles. The first-order valence-corrected chi connectivity index (χ1v) is 7.07. The second-order valence-electron chi connectivity index (χ2n) is 4.45. The zero-order valence-corrected chi connectivity index (χ0v) is 11.3. The van der Waals surface area contributed by atoms with E-state index in [0.717, 1.165) is 6.04 Å².